The van der Waals surface area contributed by atoms with Crippen LogP contribution in [0, 0.1) is 13.8 Å². The number of hydrogen-bond acceptors (Lipinski definition) is 7. The van der Waals surface area contributed by atoms with E-state index in [4.69, 9.17) is 26.6 Å². The molecule has 0 aliphatic carbocycles. The minimum atomic E-state index is -3.75. The summed E-state index contributed by atoms with van der Waals surface area (Å²) in [5, 5.41) is 9.50. The number of halogens is 1. The Morgan fingerprint density at radius 3 is 1.72 bits per heavy atom. The lowest BCUT2D eigenvalue weighted by Gasteiger charge is -2.02. The van der Waals surface area contributed by atoms with Crippen LogP contribution in [-0.4, -0.2) is 33.9 Å². The van der Waals surface area contributed by atoms with Gasteiger partial charge in [0.15, 0.2) is 10.1 Å². The van der Waals surface area contributed by atoms with Crippen LogP contribution in [0.2, 0.25) is 5.15 Å². The second-order valence-electron chi connectivity index (χ2n) is 4.92. The maximum absolute atomic E-state index is 10.9. The SMILES string of the molecule is COc1cc(C)cc(S(N)(=O)=O)n1.Cc1cc(Cl)nc(S(N)(=O)=O)c1. The number of nitrogens with zero attached hydrogens (tertiary/aromatic N) is 2. The molecule has 0 saturated carbocycles. The van der Waals surface area contributed by atoms with Gasteiger partial charge < -0.3 is 4.74 Å². The second kappa shape index (κ2) is 8.06. The number of nitrogens with two attached hydrogens (primary N) is 2. The lowest BCUT2D eigenvalue weighted by atomic mass is 10.3. The van der Waals surface area contributed by atoms with Gasteiger partial charge in [-0.1, -0.05) is 11.6 Å². The molecule has 0 radical (unpaired) electrons. The normalized spacial score (nSPS) is 11.4. The topological polar surface area (TPSA) is 155 Å². The molecule has 0 aliphatic heterocycles. The van der Waals surface area contributed by atoms with Crippen LogP contribution >= 0.6 is 11.6 Å². The maximum atomic E-state index is 10.9. The van der Waals surface area contributed by atoms with Crippen LogP contribution in [-0.2, 0) is 20.0 Å². The summed E-state index contributed by atoms with van der Waals surface area (Å²) in [7, 11) is -6.08. The zero-order valence-electron chi connectivity index (χ0n) is 13.6. The lowest BCUT2D eigenvalue weighted by Crippen LogP contribution is -2.14. The van der Waals surface area contributed by atoms with Gasteiger partial charge in [0.1, 0.15) is 5.15 Å². The highest BCUT2D eigenvalue weighted by Crippen LogP contribution is 2.14. The van der Waals surface area contributed by atoms with Crippen LogP contribution in [0.3, 0.4) is 0 Å². The molecule has 12 heteroatoms. The molecule has 0 saturated heterocycles. The summed E-state index contributed by atoms with van der Waals surface area (Å²) in [4.78, 5) is 7.25. The zero-order chi connectivity index (χ0) is 19.4. The summed E-state index contributed by atoms with van der Waals surface area (Å²) in [6, 6.07) is 5.92. The average molecular weight is 409 g/mol. The van der Waals surface area contributed by atoms with Crippen molar-refractivity contribution in [2.75, 3.05) is 7.11 Å². The third kappa shape index (κ3) is 6.92. The Hall–Kier alpha value is -1.79. The monoisotopic (exact) mass is 408 g/mol. The van der Waals surface area contributed by atoms with Crippen molar-refractivity contribution in [3.8, 4) is 5.88 Å². The molecule has 2 rings (SSSR count). The van der Waals surface area contributed by atoms with E-state index in [0.29, 0.717) is 5.56 Å². The molecular formula is C13H17ClN4O5S2. The van der Waals surface area contributed by atoms with E-state index in [1.807, 2.05) is 0 Å². The van der Waals surface area contributed by atoms with Gasteiger partial charge in [0.25, 0.3) is 20.0 Å². The highest BCUT2D eigenvalue weighted by Gasteiger charge is 2.11. The first-order chi connectivity index (χ1) is 11.3. The highest BCUT2D eigenvalue weighted by molar-refractivity contribution is 7.89. The van der Waals surface area contributed by atoms with Crippen LogP contribution in [0.1, 0.15) is 11.1 Å². The number of sulfonamides is 2. The van der Waals surface area contributed by atoms with Crippen molar-refractivity contribution in [2.45, 2.75) is 23.9 Å². The molecular weight excluding hydrogens is 392 g/mol. The predicted molar refractivity (Wildman–Crippen MR) is 92.3 cm³/mol. The summed E-state index contributed by atoms with van der Waals surface area (Å²) in [5.41, 5.74) is 1.44. The van der Waals surface area contributed by atoms with Gasteiger partial charge in [0.05, 0.1) is 7.11 Å². The van der Waals surface area contributed by atoms with Crippen molar-refractivity contribution in [1.29, 1.82) is 0 Å². The maximum Gasteiger partial charge on any atom is 0.255 e. The Morgan fingerprint density at radius 1 is 0.880 bits per heavy atom. The molecule has 0 unspecified atom stereocenters. The van der Waals surface area contributed by atoms with Crippen LogP contribution in [0.4, 0.5) is 0 Å². The molecule has 0 bridgehead atoms. The summed E-state index contributed by atoms with van der Waals surface area (Å²) in [6.07, 6.45) is 0. The van der Waals surface area contributed by atoms with E-state index < -0.39 is 20.0 Å². The van der Waals surface area contributed by atoms with E-state index in [1.165, 1.54) is 19.2 Å². The minimum Gasteiger partial charge on any atom is -0.481 e. The first-order valence-corrected chi connectivity index (χ1v) is 10.0. The van der Waals surface area contributed by atoms with Gasteiger partial charge in [-0.2, -0.15) is 0 Å². The first kappa shape index (κ1) is 21.3. The van der Waals surface area contributed by atoms with E-state index >= 15 is 0 Å². The van der Waals surface area contributed by atoms with Crippen molar-refractivity contribution in [2.24, 2.45) is 10.3 Å². The van der Waals surface area contributed by atoms with E-state index in [0.717, 1.165) is 5.56 Å². The largest absolute Gasteiger partial charge is 0.481 e. The van der Waals surface area contributed by atoms with E-state index in [9.17, 15) is 16.8 Å². The van der Waals surface area contributed by atoms with Crippen molar-refractivity contribution in [1.82, 2.24) is 9.97 Å². The third-order valence-corrected chi connectivity index (χ3v) is 4.41. The average Bonchev–Trinajstić information content (AvgIpc) is 2.44. The number of pyridine rings is 2. The van der Waals surface area contributed by atoms with Gasteiger partial charge in [0.2, 0.25) is 5.88 Å². The highest BCUT2D eigenvalue weighted by atomic mass is 35.5. The van der Waals surface area contributed by atoms with Crippen molar-refractivity contribution in [3.63, 3.8) is 0 Å². The van der Waals surface area contributed by atoms with E-state index in [1.54, 1.807) is 26.0 Å². The predicted octanol–water partition coefficient (Wildman–Crippen LogP) is 0.737. The van der Waals surface area contributed by atoms with Crippen molar-refractivity contribution < 1.29 is 21.6 Å². The van der Waals surface area contributed by atoms with Crippen LogP contribution in [0.25, 0.3) is 0 Å². The molecule has 0 aromatic carbocycles. The molecule has 2 aromatic rings. The van der Waals surface area contributed by atoms with Gasteiger partial charge in [0, 0.05) is 6.07 Å². The van der Waals surface area contributed by atoms with Crippen LogP contribution in [0.5, 0.6) is 5.88 Å². The molecule has 25 heavy (non-hydrogen) atoms. The number of aryl methyl sites for hydroxylation is 2. The fourth-order valence-corrected chi connectivity index (χ4v) is 3.05. The van der Waals surface area contributed by atoms with Crippen molar-refractivity contribution in [3.05, 3.63) is 40.5 Å². The third-order valence-electron chi connectivity index (χ3n) is 2.63. The van der Waals surface area contributed by atoms with Gasteiger partial charge in [-0.05, 0) is 43.2 Å². The Bertz CT molecular complexity index is 958. The number of primary sulfonamides is 2. The Balaban J connectivity index is 0.000000251. The van der Waals surface area contributed by atoms with Gasteiger partial charge in [-0.15, -0.1) is 0 Å². The number of hydrogen-bond donors (Lipinski definition) is 2. The Labute approximate surface area is 151 Å². The molecule has 2 aromatic heterocycles. The number of aromatic nitrogens is 2. The smallest absolute Gasteiger partial charge is 0.255 e. The lowest BCUT2D eigenvalue weighted by molar-refractivity contribution is 0.393. The summed E-state index contributed by atoms with van der Waals surface area (Å²) < 4.78 is 48.2. The second-order valence-corrected chi connectivity index (χ2v) is 8.32. The van der Waals surface area contributed by atoms with Crippen molar-refractivity contribution >= 4 is 31.6 Å². The van der Waals surface area contributed by atoms with Gasteiger partial charge in [-0.25, -0.2) is 37.1 Å². The summed E-state index contributed by atoms with van der Waals surface area (Å²) in [6.45, 7) is 3.45. The number of methoxy groups -OCH3 is 1. The molecule has 0 spiro atoms. The van der Waals surface area contributed by atoms with Gasteiger partial charge in [-0.3, -0.25) is 0 Å². The quantitative estimate of drug-likeness (QED) is 0.709. The van der Waals surface area contributed by atoms with Gasteiger partial charge >= 0.3 is 0 Å². The standard InChI is InChI=1S/C7H10N2O3S.C6H7ClN2O2S/c1-5-3-6(12-2)9-7(4-5)13(8,10)11;1-4-2-5(7)9-6(3-4)12(8,10)11/h3-4H,1-2H3,(H2,8,10,11);2-3H,1H3,(H2,8,10,11). The molecule has 0 fully saturated rings. The molecule has 138 valence electrons. The fraction of sp³-hybridized carbons (Fsp3) is 0.231. The fourth-order valence-electron chi connectivity index (χ4n) is 1.59. The Kier molecular flexibility index (Phi) is 6.85. The molecule has 4 N–H and O–H groups in total. The Morgan fingerprint density at radius 2 is 1.32 bits per heavy atom. The summed E-state index contributed by atoms with van der Waals surface area (Å²) in [5.74, 6) is 0.240. The number of ether oxygens (including phenoxy) is 1. The zero-order valence-corrected chi connectivity index (χ0v) is 16.0. The molecule has 0 atom stereocenters. The molecule has 2 heterocycles. The summed E-state index contributed by atoms with van der Waals surface area (Å²) >= 11 is 5.53. The molecule has 0 amide bonds. The van der Waals surface area contributed by atoms with E-state index in [2.05, 4.69) is 9.97 Å². The molecule has 0 aliphatic rings. The van der Waals surface area contributed by atoms with Crippen LogP contribution in [0.15, 0.2) is 34.3 Å². The van der Waals surface area contributed by atoms with Crippen LogP contribution < -0.4 is 15.0 Å². The minimum absolute atomic E-state index is 0.124. The van der Waals surface area contributed by atoms with E-state index in [-0.39, 0.29) is 21.1 Å². The first-order valence-electron chi connectivity index (χ1n) is 6.55. The molecule has 9 nitrogen and oxygen atoms in total. The number of rotatable bonds is 3.